The smallest absolute Gasteiger partial charge is 0.191 e. The van der Waals surface area contributed by atoms with Crippen molar-refractivity contribution < 1.29 is 9.84 Å². The number of β-amino-alcohol motifs (C(OH)–C–C–N with tert-alkyl or cyclic N) is 1. The van der Waals surface area contributed by atoms with Gasteiger partial charge in [0.05, 0.1) is 18.8 Å². The molecule has 0 bridgehead atoms. The van der Waals surface area contributed by atoms with Crippen molar-refractivity contribution in [3.8, 4) is 0 Å². The van der Waals surface area contributed by atoms with Crippen LogP contribution in [0, 0.1) is 0 Å². The van der Waals surface area contributed by atoms with Crippen molar-refractivity contribution in [1.82, 2.24) is 25.1 Å². The normalized spacial score (nSPS) is 16.8. The Kier molecular flexibility index (Phi) is 11.4. The van der Waals surface area contributed by atoms with Crippen molar-refractivity contribution >= 4 is 29.9 Å². The van der Waals surface area contributed by atoms with Crippen LogP contribution in [-0.4, -0.2) is 77.1 Å². The van der Waals surface area contributed by atoms with Gasteiger partial charge in [-0.25, -0.2) is 9.98 Å². The lowest BCUT2D eigenvalue weighted by Crippen LogP contribution is -2.53. The molecule has 8 nitrogen and oxygen atoms in total. The molecule has 1 aliphatic rings. The first kappa shape index (κ1) is 26.6. The summed E-state index contributed by atoms with van der Waals surface area (Å²) in [5.41, 5.74) is 0.449. The van der Waals surface area contributed by atoms with E-state index in [-0.39, 0.29) is 24.0 Å². The molecule has 2 aromatic rings. The molecule has 1 unspecified atom stereocenters. The van der Waals surface area contributed by atoms with Crippen LogP contribution >= 0.6 is 24.0 Å². The molecule has 9 heteroatoms. The standard InChI is InChI=1S/C23H36N6O2.HI/c1-3-24-22(27-18-23(2,30)19-28-13-15-31-16-14-28)26-17-21-25-10-12-29(21)11-9-20-7-5-4-6-8-20;/h4-8,10,12,30H,3,9,11,13-19H2,1-2H3,(H2,24,26,27);1H. The molecule has 3 N–H and O–H groups in total. The van der Waals surface area contributed by atoms with Gasteiger partial charge in [-0.05, 0) is 25.8 Å². The number of aliphatic hydroxyl groups is 1. The van der Waals surface area contributed by atoms with E-state index in [9.17, 15) is 5.11 Å². The fourth-order valence-electron chi connectivity index (χ4n) is 3.65. The van der Waals surface area contributed by atoms with Crippen molar-refractivity contribution in [3.63, 3.8) is 0 Å². The average Bonchev–Trinajstić information content (AvgIpc) is 3.23. The molecule has 0 saturated carbocycles. The second-order valence-corrected chi connectivity index (χ2v) is 8.21. The highest BCUT2D eigenvalue weighted by atomic mass is 127. The van der Waals surface area contributed by atoms with E-state index < -0.39 is 5.60 Å². The predicted molar refractivity (Wildman–Crippen MR) is 138 cm³/mol. The highest BCUT2D eigenvalue weighted by Crippen LogP contribution is 2.08. The summed E-state index contributed by atoms with van der Waals surface area (Å²) in [5.74, 6) is 1.61. The molecule has 0 radical (unpaired) electrons. The Morgan fingerprint density at radius 3 is 2.69 bits per heavy atom. The zero-order valence-electron chi connectivity index (χ0n) is 19.2. The molecule has 0 spiro atoms. The maximum Gasteiger partial charge on any atom is 0.191 e. The fraction of sp³-hybridized carbons (Fsp3) is 0.565. The van der Waals surface area contributed by atoms with Gasteiger partial charge in [0.15, 0.2) is 5.96 Å². The number of nitrogens with one attached hydrogen (secondary N) is 2. The zero-order valence-corrected chi connectivity index (χ0v) is 21.5. The first-order valence-electron chi connectivity index (χ1n) is 11.1. The predicted octanol–water partition coefficient (Wildman–Crippen LogP) is 1.88. The number of halogens is 1. The molecule has 1 atom stereocenters. The van der Waals surface area contributed by atoms with E-state index in [1.807, 2.05) is 32.3 Å². The number of benzene rings is 1. The number of hydrogen-bond acceptors (Lipinski definition) is 5. The van der Waals surface area contributed by atoms with Crippen molar-refractivity contribution in [2.45, 2.75) is 39.0 Å². The molecule has 1 aromatic carbocycles. The molecular weight excluding hydrogens is 519 g/mol. The number of aromatic nitrogens is 2. The number of nitrogens with zero attached hydrogens (tertiary/aromatic N) is 4. The molecule has 1 fully saturated rings. The van der Waals surface area contributed by atoms with Crippen LogP contribution in [0.3, 0.4) is 0 Å². The quantitative estimate of drug-likeness (QED) is 0.236. The van der Waals surface area contributed by atoms with Crippen LogP contribution in [0.5, 0.6) is 0 Å². The lowest BCUT2D eigenvalue weighted by atomic mass is 10.1. The highest BCUT2D eigenvalue weighted by Gasteiger charge is 2.25. The van der Waals surface area contributed by atoms with Gasteiger partial charge in [0.1, 0.15) is 12.4 Å². The first-order valence-corrected chi connectivity index (χ1v) is 11.1. The van der Waals surface area contributed by atoms with E-state index in [0.29, 0.717) is 25.6 Å². The van der Waals surface area contributed by atoms with E-state index in [1.165, 1.54) is 5.56 Å². The van der Waals surface area contributed by atoms with E-state index in [2.05, 4.69) is 54.3 Å². The maximum atomic E-state index is 10.8. The summed E-state index contributed by atoms with van der Waals surface area (Å²) < 4.78 is 7.54. The van der Waals surface area contributed by atoms with Crippen LogP contribution in [0.2, 0.25) is 0 Å². The zero-order chi connectivity index (χ0) is 21.9. The van der Waals surface area contributed by atoms with Crippen LogP contribution in [0.15, 0.2) is 47.7 Å². The van der Waals surface area contributed by atoms with Gasteiger partial charge in [0, 0.05) is 51.7 Å². The first-order chi connectivity index (χ1) is 15.1. The molecule has 1 aromatic heterocycles. The van der Waals surface area contributed by atoms with E-state index in [4.69, 9.17) is 4.74 Å². The second-order valence-electron chi connectivity index (χ2n) is 8.21. The van der Waals surface area contributed by atoms with Crippen LogP contribution in [-0.2, 0) is 24.2 Å². The van der Waals surface area contributed by atoms with Crippen LogP contribution in [0.1, 0.15) is 25.2 Å². The molecule has 2 heterocycles. The molecule has 32 heavy (non-hydrogen) atoms. The monoisotopic (exact) mass is 556 g/mol. The van der Waals surface area contributed by atoms with Crippen LogP contribution in [0.4, 0.5) is 0 Å². The molecule has 1 aliphatic heterocycles. The third-order valence-electron chi connectivity index (χ3n) is 5.31. The average molecular weight is 556 g/mol. The van der Waals surface area contributed by atoms with E-state index in [0.717, 1.165) is 51.6 Å². The minimum Gasteiger partial charge on any atom is -0.387 e. The van der Waals surface area contributed by atoms with Gasteiger partial charge in [-0.1, -0.05) is 30.3 Å². The third kappa shape index (κ3) is 9.05. The highest BCUT2D eigenvalue weighted by molar-refractivity contribution is 14.0. The minimum absolute atomic E-state index is 0. The number of ether oxygens (including phenoxy) is 1. The lowest BCUT2D eigenvalue weighted by molar-refractivity contribution is -0.0201. The van der Waals surface area contributed by atoms with Gasteiger partial charge >= 0.3 is 0 Å². The van der Waals surface area contributed by atoms with Crippen molar-refractivity contribution in [3.05, 3.63) is 54.1 Å². The van der Waals surface area contributed by atoms with E-state index >= 15 is 0 Å². The summed E-state index contributed by atoms with van der Waals surface area (Å²) in [6, 6.07) is 10.5. The summed E-state index contributed by atoms with van der Waals surface area (Å²) in [6.45, 7) is 10.2. The topological polar surface area (TPSA) is 86.9 Å². The van der Waals surface area contributed by atoms with Crippen molar-refractivity contribution in [2.24, 2.45) is 4.99 Å². The Bertz CT molecular complexity index is 806. The largest absolute Gasteiger partial charge is 0.387 e. The van der Waals surface area contributed by atoms with Gasteiger partial charge in [-0.3, -0.25) is 4.90 Å². The summed E-state index contributed by atoms with van der Waals surface area (Å²) >= 11 is 0. The number of hydrogen-bond donors (Lipinski definition) is 3. The van der Waals surface area contributed by atoms with Gasteiger partial charge in [-0.15, -0.1) is 24.0 Å². The Morgan fingerprint density at radius 1 is 1.22 bits per heavy atom. The summed E-state index contributed by atoms with van der Waals surface area (Å²) in [4.78, 5) is 11.4. The SMILES string of the molecule is CCNC(=NCc1nccn1CCc1ccccc1)NCC(C)(O)CN1CCOCC1.I. The number of aryl methyl sites for hydroxylation is 2. The fourth-order valence-corrected chi connectivity index (χ4v) is 3.65. The molecule has 0 aliphatic carbocycles. The van der Waals surface area contributed by atoms with E-state index in [1.54, 1.807) is 0 Å². The Balaban J connectivity index is 0.00000363. The number of aliphatic imine (C=N–C) groups is 1. The number of guanidine groups is 1. The summed E-state index contributed by atoms with van der Waals surface area (Å²) in [7, 11) is 0. The molecule has 178 valence electrons. The van der Waals surface area contributed by atoms with Gasteiger partial charge in [0.25, 0.3) is 0 Å². The van der Waals surface area contributed by atoms with Crippen molar-refractivity contribution in [2.75, 3.05) is 45.9 Å². The van der Waals surface area contributed by atoms with Gasteiger partial charge in [-0.2, -0.15) is 0 Å². The molecule has 3 rings (SSSR count). The second kappa shape index (κ2) is 13.8. The minimum atomic E-state index is -0.859. The van der Waals surface area contributed by atoms with Gasteiger partial charge < -0.3 is 25.0 Å². The summed E-state index contributed by atoms with van der Waals surface area (Å²) in [5, 5.41) is 17.4. The lowest BCUT2D eigenvalue weighted by Gasteiger charge is -2.34. The maximum absolute atomic E-state index is 10.8. The van der Waals surface area contributed by atoms with Gasteiger partial charge in [0.2, 0.25) is 0 Å². The third-order valence-corrected chi connectivity index (χ3v) is 5.31. The summed E-state index contributed by atoms with van der Waals surface area (Å²) in [6.07, 6.45) is 4.78. The van der Waals surface area contributed by atoms with Crippen molar-refractivity contribution in [1.29, 1.82) is 0 Å². The molecule has 1 saturated heterocycles. The Labute approximate surface area is 208 Å². The Morgan fingerprint density at radius 2 is 1.97 bits per heavy atom. The Hall–Kier alpha value is -1.69. The molecule has 0 amide bonds. The van der Waals surface area contributed by atoms with Crippen LogP contribution < -0.4 is 10.6 Å². The number of morpholine rings is 1. The number of rotatable bonds is 10. The molecular formula is C23H37IN6O2. The number of imidazole rings is 1. The van der Waals surface area contributed by atoms with Crippen LogP contribution in [0.25, 0.3) is 0 Å².